The van der Waals surface area contributed by atoms with E-state index >= 15 is 0 Å². The molecule has 24 heavy (non-hydrogen) atoms. The number of rotatable bonds is 4. The first-order valence-corrected chi connectivity index (χ1v) is 9.64. The van der Waals surface area contributed by atoms with Crippen molar-refractivity contribution in [1.29, 1.82) is 0 Å². The molecule has 4 heterocycles. The largest absolute Gasteiger partial charge is 0.369 e. The smallest absolute Gasteiger partial charge is 0.227 e. The van der Waals surface area contributed by atoms with Crippen LogP contribution in [-0.2, 0) is 4.79 Å². The summed E-state index contributed by atoms with van der Waals surface area (Å²) in [6, 6.07) is 2.15. The molecule has 0 spiro atoms. The van der Waals surface area contributed by atoms with Crippen LogP contribution in [-0.4, -0.2) is 39.7 Å². The van der Waals surface area contributed by atoms with E-state index in [0.717, 1.165) is 44.4 Å². The highest BCUT2D eigenvalue weighted by atomic mass is 32.2. The maximum absolute atomic E-state index is 11.1. The second-order valence-corrected chi connectivity index (χ2v) is 7.85. The molecule has 0 saturated carbocycles. The fourth-order valence-electron chi connectivity index (χ4n) is 3.06. The Labute approximate surface area is 147 Å². The van der Waals surface area contributed by atoms with Crippen molar-refractivity contribution in [2.75, 3.05) is 23.7 Å². The number of aromatic nitrogens is 3. The number of aryl methyl sites for hydroxylation is 1. The number of primary amides is 1. The number of carbonyl (C=O) groups is 1. The molecule has 8 heteroatoms. The van der Waals surface area contributed by atoms with Crippen molar-refractivity contribution < 1.29 is 4.79 Å². The van der Waals surface area contributed by atoms with Gasteiger partial charge in [0.05, 0.1) is 16.0 Å². The van der Waals surface area contributed by atoms with Gasteiger partial charge >= 0.3 is 0 Å². The van der Waals surface area contributed by atoms with E-state index in [1.165, 1.54) is 30.2 Å². The SMILES string of the molecule is Cc1cc(N2CCCC2)nc2sc3c(SCC(N)=O)ncnc3c12. The summed E-state index contributed by atoms with van der Waals surface area (Å²) < 4.78 is 0.980. The van der Waals surface area contributed by atoms with Crippen LogP contribution < -0.4 is 10.6 Å². The highest BCUT2D eigenvalue weighted by Crippen LogP contribution is 2.39. The van der Waals surface area contributed by atoms with Crippen LogP contribution in [0.3, 0.4) is 0 Å². The first-order chi connectivity index (χ1) is 11.6. The fourth-order valence-corrected chi connectivity index (χ4v) is 5.08. The van der Waals surface area contributed by atoms with E-state index in [-0.39, 0.29) is 11.7 Å². The number of hydrogen-bond acceptors (Lipinski definition) is 7. The van der Waals surface area contributed by atoms with Gasteiger partial charge in [-0.05, 0) is 31.4 Å². The zero-order valence-electron chi connectivity index (χ0n) is 13.3. The van der Waals surface area contributed by atoms with Gasteiger partial charge in [-0.25, -0.2) is 15.0 Å². The molecule has 1 saturated heterocycles. The van der Waals surface area contributed by atoms with Crippen LogP contribution >= 0.6 is 23.1 Å². The second kappa shape index (κ2) is 6.18. The molecule has 3 aromatic heterocycles. The van der Waals surface area contributed by atoms with E-state index in [2.05, 4.69) is 27.9 Å². The van der Waals surface area contributed by atoms with Gasteiger partial charge in [0.25, 0.3) is 0 Å². The van der Waals surface area contributed by atoms with Crippen molar-refractivity contribution in [3.63, 3.8) is 0 Å². The molecular formula is C16H17N5OS2. The lowest BCUT2D eigenvalue weighted by Crippen LogP contribution is -2.18. The molecule has 0 radical (unpaired) electrons. The Bertz CT molecular complexity index is 933. The molecule has 1 fully saturated rings. The van der Waals surface area contributed by atoms with Gasteiger partial charge in [0.1, 0.15) is 22.0 Å². The van der Waals surface area contributed by atoms with Crippen molar-refractivity contribution in [2.24, 2.45) is 5.73 Å². The molecule has 0 aliphatic carbocycles. The van der Waals surface area contributed by atoms with Crippen molar-refractivity contribution in [1.82, 2.24) is 15.0 Å². The molecule has 1 aliphatic rings. The number of thiophene rings is 1. The molecule has 2 N–H and O–H groups in total. The van der Waals surface area contributed by atoms with Crippen LogP contribution in [0.2, 0.25) is 0 Å². The first kappa shape index (κ1) is 15.6. The van der Waals surface area contributed by atoms with Gasteiger partial charge in [0.15, 0.2) is 0 Å². The van der Waals surface area contributed by atoms with Crippen LogP contribution in [0.15, 0.2) is 17.4 Å². The number of carbonyl (C=O) groups excluding carboxylic acids is 1. The van der Waals surface area contributed by atoms with Crippen LogP contribution in [0.5, 0.6) is 0 Å². The molecule has 0 unspecified atom stereocenters. The topological polar surface area (TPSA) is 85.0 Å². The summed E-state index contributed by atoms with van der Waals surface area (Å²) in [5.41, 5.74) is 7.35. The van der Waals surface area contributed by atoms with Crippen LogP contribution in [0, 0.1) is 6.92 Å². The average Bonchev–Trinajstić information content (AvgIpc) is 3.20. The van der Waals surface area contributed by atoms with Crippen LogP contribution in [0.4, 0.5) is 5.82 Å². The third-order valence-electron chi connectivity index (χ3n) is 4.16. The van der Waals surface area contributed by atoms with E-state index in [0.29, 0.717) is 0 Å². The zero-order chi connectivity index (χ0) is 16.7. The molecule has 3 aromatic rings. The van der Waals surface area contributed by atoms with Gasteiger partial charge in [-0.2, -0.15) is 0 Å². The van der Waals surface area contributed by atoms with Crippen molar-refractivity contribution in [3.8, 4) is 0 Å². The Morgan fingerprint density at radius 2 is 2.17 bits per heavy atom. The predicted octanol–water partition coefficient (Wildman–Crippen LogP) is 2.73. The summed E-state index contributed by atoms with van der Waals surface area (Å²) in [5.74, 6) is 0.910. The van der Waals surface area contributed by atoms with E-state index in [1.807, 2.05) is 0 Å². The highest BCUT2D eigenvalue weighted by molar-refractivity contribution is 8.00. The summed E-state index contributed by atoms with van der Waals surface area (Å²) in [5, 5.41) is 1.88. The molecular weight excluding hydrogens is 342 g/mol. The average molecular weight is 359 g/mol. The molecule has 1 aliphatic heterocycles. The monoisotopic (exact) mass is 359 g/mol. The number of hydrogen-bond donors (Lipinski definition) is 1. The maximum atomic E-state index is 11.1. The number of thioether (sulfide) groups is 1. The molecule has 6 nitrogen and oxygen atoms in total. The molecule has 1 amide bonds. The van der Waals surface area contributed by atoms with Crippen LogP contribution in [0.1, 0.15) is 18.4 Å². The van der Waals surface area contributed by atoms with E-state index < -0.39 is 0 Å². The standard InChI is InChI=1S/C16H17N5OS2/c1-9-6-11(21-4-2-3-5-21)20-15-12(9)13-14(24-15)16(19-8-18-13)23-7-10(17)22/h6,8H,2-5,7H2,1H3,(H2,17,22). The summed E-state index contributed by atoms with van der Waals surface area (Å²) in [4.78, 5) is 28.0. The Hall–Kier alpha value is -1.93. The van der Waals surface area contributed by atoms with Crippen molar-refractivity contribution in [3.05, 3.63) is 18.0 Å². The molecule has 0 aromatic carbocycles. The maximum Gasteiger partial charge on any atom is 0.227 e. The molecule has 124 valence electrons. The van der Waals surface area contributed by atoms with Gasteiger partial charge < -0.3 is 10.6 Å². The summed E-state index contributed by atoms with van der Waals surface area (Å²) in [6.45, 7) is 4.25. The van der Waals surface area contributed by atoms with Crippen LogP contribution in [0.25, 0.3) is 20.4 Å². The minimum atomic E-state index is -0.349. The number of fused-ring (bicyclic) bond motifs is 3. The minimum Gasteiger partial charge on any atom is -0.369 e. The van der Waals surface area contributed by atoms with Crippen molar-refractivity contribution >= 4 is 55.3 Å². The predicted molar refractivity (Wildman–Crippen MR) is 98.8 cm³/mol. The van der Waals surface area contributed by atoms with Gasteiger partial charge in [-0.3, -0.25) is 4.79 Å². The Balaban J connectivity index is 1.85. The normalized spacial score (nSPS) is 14.8. The van der Waals surface area contributed by atoms with E-state index in [4.69, 9.17) is 10.7 Å². The van der Waals surface area contributed by atoms with E-state index in [9.17, 15) is 4.79 Å². The summed E-state index contributed by atoms with van der Waals surface area (Å²) >= 11 is 2.95. The third kappa shape index (κ3) is 2.69. The van der Waals surface area contributed by atoms with E-state index in [1.54, 1.807) is 17.7 Å². The Morgan fingerprint density at radius 3 is 2.92 bits per heavy atom. The fraction of sp³-hybridized carbons (Fsp3) is 0.375. The lowest BCUT2D eigenvalue weighted by molar-refractivity contribution is -0.115. The summed E-state index contributed by atoms with van der Waals surface area (Å²) in [6.07, 6.45) is 4.00. The lowest BCUT2D eigenvalue weighted by atomic mass is 10.2. The lowest BCUT2D eigenvalue weighted by Gasteiger charge is -2.16. The second-order valence-electron chi connectivity index (χ2n) is 5.89. The zero-order valence-corrected chi connectivity index (χ0v) is 14.9. The summed E-state index contributed by atoms with van der Waals surface area (Å²) in [7, 11) is 0. The number of pyridine rings is 1. The third-order valence-corrected chi connectivity index (χ3v) is 6.38. The molecule has 0 atom stereocenters. The highest BCUT2D eigenvalue weighted by Gasteiger charge is 2.19. The van der Waals surface area contributed by atoms with Gasteiger partial charge in [-0.15, -0.1) is 11.3 Å². The van der Waals surface area contributed by atoms with Gasteiger partial charge in [-0.1, -0.05) is 11.8 Å². The van der Waals surface area contributed by atoms with Gasteiger partial charge in [0, 0.05) is 18.5 Å². The number of amides is 1. The van der Waals surface area contributed by atoms with Gasteiger partial charge in [0.2, 0.25) is 5.91 Å². The Morgan fingerprint density at radius 1 is 1.38 bits per heavy atom. The molecule has 0 bridgehead atoms. The minimum absolute atomic E-state index is 0.214. The Kier molecular flexibility index (Phi) is 4.01. The number of anilines is 1. The quantitative estimate of drug-likeness (QED) is 0.569. The number of nitrogens with two attached hydrogens (primary N) is 1. The number of nitrogens with zero attached hydrogens (tertiary/aromatic N) is 4. The molecule has 4 rings (SSSR count). The first-order valence-electron chi connectivity index (χ1n) is 7.84. The van der Waals surface area contributed by atoms with Crippen molar-refractivity contribution in [2.45, 2.75) is 24.8 Å².